The monoisotopic (exact) mass is 460 g/mol. The molecule has 0 saturated carbocycles. The average Bonchev–Trinajstić information content (AvgIpc) is 3.09. The van der Waals surface area contributed by atoms with Gasteiger partial charge in [-0.3, -0.25) is 9.59 Å². The van der Waals surface area contributed by atoms with E-state index in [0.29, 0.717) is 17.7 Å². The lowest BCUT2D eigenvalue weighted by atomic mass is 10.0. The number of rotatable bonds is 9. The number of ketones is 1. The number of ether oxygens (including phenoxy) is 1. The van der Waals surface area contributed by atoms with E-state index in [1.807, 2.05) is 83.1 Å². The van der Waals surface area contributed by atoms with Gasteiger partial charge in [0.1, 0.15) is 6.04 Å². The molecule has 0 spiro atoms. The Morgan fingerprint density at radius 1 is 0.912 bits per heavy atom. The lowest BCUT2D eigenvalue weighted by Gasteiger charge is -2.21. The summed E-state index contributed by atoms with van der Waals surface area (Å²) in [6, 6.07) is 18.2. The molecule has 0 bridgehead atoms. The summed E-state index contributed by atoms with van der Waals surface area (Å²) >= 11 is 0. The Labute approximate surface area is 200 Å². The van der Waals surface area contributed by atoms with Crippen molar-refractivity contribution < 1.29 is 19.1 Å². The Bertz CT molecular complexity index is 1180. The minimum atomic E-state index is -0.856. The molecule has 178 valence electrons. The van der Waals surface area contributed by atoms with Gasteiger partial charge in [0, 0.05) is 29.1 Å². The van der Waals surface area contributed by atoms with Crippen LogP contribution in [0.15, 0.2) is 60.7 Å². The van der Waals surface area contributed by atoms with E-state index < -0.39 is 12.0 Å². The fourth-order valence-corrected chi connectivity index (χ4v) is 3.94. The number of aryl methyl sites for hydroxylation is 2. The van der Waals surface area contributed by atoms with Crippen LogP contribution in [0.25, 0.3) is 0 Å². The van der Waals surface area contributed by atoms with Crippen LogP contribution in [-0.2, 0) is 16.1 Å². The van der Waals surface area contributed by atoms with Crippen LogP contribution in [0.4, 0.5) is 0 Å². The number of amides is 1. The number of carbonyl (C=O) groups excluding carboxylic acids is 3. The highest BCUT2D eigenvalue weighted by Crippen LogP contribution is 2.18. The maximum Gasteiger partial charge on any atom is 0.329 e. The molecule has 0 saturated heterocycles. The van der Waals surface area contributed by atoms with Gasteiger partial charge in [-0.25, -0.2) is 4.79 Å². The zero-order valence-corrected chi connectivity index (χ0v) is 20.4. The van der Waals surface area contributed by atoms with Crippen molar-refractivity contribution in [3.8, 4) is 0 Å². The topological polar surface area (TPSA) is 77.4 Å². The van der Waals surface area contributed by atoms with E-state index in [-0.39, 0.29) is 24.2 Å². The molecule has 1 heterocycles. The first-order valence-corrected chi connectivity index (χ1v) is 11.5. The molecule has 1 aromatic heterocycles. The molecule has 0 radical (unpaired) electrons. The fourth-order valence-electron chi connectivity index (χ4n) is 3.94. The number of esters is 1. The molecule has 6 nitrogen and oxygen atoms in total. The van der Waals surface area contributed by atoms with Crippen molar-refractivity contribution >= 4 is 17.7 Å². The molecule has 0 aliphatic carbocycles. The zero-order valence-electron chi connectivity index (χ0n) is 20.4. The van der Waals surface area contributed by atoms with Gasteiger partial charge in [-0.2, -0.15) is 0 Å². The molecule has 1 atom stereocenters. The molecule has 0 fully saturated rings. The number of carbonyl (C=O) groups is 3. The van der Waals surface area contributed by atoms with E-state index in [4.69, 9.17) is 4.74 Å². The maximum absolute atomic E-state index is 12.9. The first kappa shape index (κ1) is 25.0. The smallest absolute Gasteiger partial charge is 0.329 e. The standard InChI is InChI=1S/C28H32N2O4/c1-18(2)26(29-27(32)23-14-10-9-11-19(23)3)28(33)34-17-25(31)24-15-20(4)30(21(24)5)16-22-12-7-6-8-13-22/h6-15,18,26H,16-17H2,1-5H3,(H,29,32)/t26-/m0/s1. The Morgan fingerprint density at radius 3 is 2.21 bits per heavy atom. The van der Waals surface area contributed by atoms with Crippen LogP contribution in [-0.4, -0.2) is 34.9 Å². The number of hydrogen-bond donors (Lipinski definition) is 1. The minimum Gasteiger partial charge on any atom is -0.456 e. The van der Waals surface area contributed by atoms with E-state index in [9.17, 15) is 14.4 Å². The molecule has 1 N–H and O–H groups in total. The van der Waals surface area contributed by atoms with Crippen molar-refractivity contribution in [3.63, 3.8) is 0 Å². The summed E-state index contributed by atoms with van der Waals surface area (Å²) in [6.45, 7) is 9.61. The molecule has 34 heavy (non-hydrogen) atoms. The van der Waals surface area contributed by atoms with Crippen LogP contribution >= 0.6 is 0 Å². The summed E-state index contributed by atoms with van der Waals surface area (Å²) in [5.74, 6) is -1.44. The molecule has 0 unspecified atom stereocenters. The van der Waals surface area contributed by atoms with Gasteiger partial charge in [-0.15, -0.1) is 0 Å². The predicted octanol–water partition coefficient (Wildman–Crippen LogP) is 4.64. The van der Waals surface area contributed by atoms with Crippen LogP contribution in [0, 0.1) is 26.7 Å². The highest BCUT2D eigenvalue weighted by molar-refractivity contribution is 6.00. The number of Topliss-reactive ketones (excluding diaryl/α,β-unsaturated/α-hetero) is 1. The van der Waals surface area contributed by atoms with Gasteiger partial charge in [0.2, 0.25) is 5.78 Å². The third-order valence-electron chi connectivity index (χ3n) is 6.00. The summed E-state index contributed by atoms with van der Waals surface area (Å²) in [5.41, 5.74) is 4.78. The lowest BCUT2D eigenvalue weighted by molar-refractivity contribution is -0.145. The molecule has 2 aromatic carbocycles. The highest BCUT2D eigenvalue weighted by atomic mass is 16.5. The zero-order chi connectivity index (χ0) is 24.8. The van der Waals surface area contributed by atoms with Crippen LogP contribution in [0.3, 0.4) is 0 Å². The van der Waals surface area contributed by atoms with Gasteiger partial charge in [-0.1, -0.05) is 62.4 Å². The summed E-state index contributed by atoms with van der Waals surface area (Å²) in [6.07, 6.45) is 0. The summed E-state index contributed by atoms with van der Waals surface area (Å²) in [5, 5.41) is 2.76. The van der Waals surface area contributed by atoms with Gasteiger partial charge < -0.3 is 14.6 Å². The normalized spacial score (nSPS) is 11.8. The molecule has 0 aliphatic heterocycles. The van der Waals surface area contributed by atoms with Crippen LogP contribution < -0.4 is 5.32 Å². The Kier molecular flexibility index (Phi) is 8.05. The molecular weight excluding hydrogens is 428 g/mol. The van der Waals surface area contributed by atoms with Gasteiger partial charge in [0.25, 0.3) is 5.91 Å². The summed E-state index contributed by atoms with van der Waals surface area (Å²) < 4.78 is 7.43. The molecular formula is C28H32N2O4. The van der Waals surface area contributed by atoms with E-state index in [1.54, 1.807) is 12.1 Å². The van der Waals surface area contributed by atoms with Crippen LogP contribution in [0.2, 0.25) is 0 Å². The van der Waals surface area contributed by atoms with Crippen molar-refractivity contribution in [2.45, 2.75) is 47.2 Å². The first-order chi connectivity index (χ1) is 16.2. The summed E-state index contributed by atoms with van der Waals surface area (Å²) in [4.78, 5) is 38.4. The second kappa shape index (κ2) is 11.0. The van der Waals surface area contributed by atoms with Crippen molar-refractivity contribution in [1.29, 1.82) is 0 Å². The van der Waals surface area contributed by atoms with Gasteiger partial charge in [0.15, 0.2) is 6.61 Å². The summed E-state index contributed by atoms with van der Waals surface area (Å²) in [7, 11) is 0. The van der Waals surface area contributed by atoms with E-state index >= 15 is 0 Å². The van der Waals surface area contributed by atoms with Crippen molar-refractivity contribution in [3.05, 3.63) is 94.3 Å². The quantitative estimate of drug-likeness (QED) is 0.373. The van der Waals surface area contributed by atoms with Crippen molar-refractivity contribution in [2.24, 2.45) is 5.92 Å². The number of aromatic nitrogens is 1. The fraction of sp³-hybridized carbons (Fsp3) is 0.321. The molecule has 3 aromatic rings. The van der Waals surface area contributed by atoms with E-state index in [2.05, 4.69) is 9.88 Å². The maximum atomic E-state index is 12.9. The highest BCUT2D eigenvalue weighted by Gasteiger charge is 2.28. The van der Waals surface area contributed by atoms with Crippen molar-refractivity contribution in [2.75, 3.05) is 6.61 Å². The number of hydrogen-bond acceptors (Lipinski definition) is 4. The average molecular weight is 461 g/mol. The molecule has 3 rings (SSSR count). The number of nitrogens with one attached hydrogen (secondary N) is 1. The van der Waals surface area contributed by atoms with E-state index in [1.165, 1.54) is 0 Å². The van der Waals surface area contributed by atoms with Crippen LogP contribution in [0.1, 0.15) is 57.1 Å². The van der Waals surface area contributed by atoms with Gasteiger partial charge in [0.05, 0.1) is 0 Å². The third kappa shape index (κ3) is 5.81. The van der Waals surface area contributed by atoms with Crippen molar-refractivity contribution in [1.82, 2.24) is 9.88 Å². The third-order valence-corrected chi connectivity index (χ3v) is 6.00. The lowest BCUT2D eigenvalue weighted by Crippen LogP contribution is -2.45. The first-order valence-electron chi connectivity index (χ1n) is 11.5. The van der Waals surface area contributed by atoms with E-state index in [0.717, 1.165) is 22.5 Å². The molecule has 6 heteroatoms. The SMILES string of the molecule is Cc1ccccc1C(=O)N[C@H](C(=O)OCC(=O)c1cc(C)n(Cc2ccccc2)c1C)C(C)C. The predicted molar refractivity (Wildman–Crippen MR) is 132 cm³/mol. The second-order valence-corrected chi connectivity index (χ2v) is 8.90. The van der Waals surface area contributed by atoms with Gasteiger partial charge >= 0.3 is 5.97 Å². The van der Waals surface area contributed by atoms with Gasteiger partial charge in [-0.05, 0) is 49.9 Å². The Hall–Kier alpha value is -3.67. The second-order valence-electron chi connectivity index (χ2n) is 8.90. The number of nitrogens with zero attached hydrogens (tertiary/aromatic N) is 1. The Morgan fingerprint density at radius 2 is 1.56 bits per heavy atom. The molecule has 1 amide bonds. The number of benzene rings is 2. The molecule has 0 aliphatic rings. The Balaban J connectivity index is 1.66. The van der Waals surface area contributed by atoms with Crippen LogP contribution in [0.5, 0.6) is 0 Å². The largest absolute Gasteiger partial charge is 0.456 e. The minimum absolute atomic E-state index is 0.202.